The number of hydrogen-bond acceptors (Lipinski definition) is 5. The van der Waals surface area contributed by atoms with Gasteiger partial charge in [-0.25, -0.2) is 0 Å². The van der Waals surface area contributed by atoms with Crippen LogP contribution in [-0.2, 0) is 13.1 Å². The average molecular weight is 205 g/mol. The summed E-state index contributed by atoms with van der Waals surface area (Å²) in [4.78, 5) is 1.49. The first-order chi connectivity index (χ1) is 7.38. The van der Waals surface area contributed by atoms with Crippen molar-refractivity contribution in [3.63, 3.8) is 0 Å². The first-order valence-corrected chi connectivity index (χ1v) is 4.56. The largest absolute Gasteiger partial charge is 0.316 e. The van der Waals surface area contributed by atoms with E-state index in [0.29, 0.717) is 12.4 Å². The molecular weight excluding hydrogens is 194 g/mol. The minimum atomic E-state index is 0.203. The fourth-order valence-electron chi connectivity index (χ4n) is 1.23. The summed E-state index contributed by atoms with van der Waals surface area (Å²) in [6.07, 6.45) is 0. The zero-order chi connectivity index (χ0) is 10.5. The summed E-state index contributed by atoms with van der Waals surface area (Å²) < 4.78 is 0. The lowest BCUT2D eigenvalue weighted by molar-refractivity contribution is 0.158. The summed E-state index contributed by atoms with van der Waals surface area (Å²) in [7, 11) is 0. The molecule has 1 aromatic carbocycles. The van der Waals surface area contributed by atoms with E-state index in [9.17, 15) is 0 Å². The van der Waals surface area contributed by atoms with Crippen molar-refractivity contribution in [1.82, 2.24) is 25.7 Å². The van der Waals surface area contributed by atoms with E-state index in [1.54, 1.807) is 0 Å². The van der Waals surface area contributed by atoms with Crippen LogP contribution in [0, 0.1) is 0 Å². The highest BCUT2D eigenvalue weighted by Gasteiger charge is 2.01. The minimum absolute atomic E-state index is 0.203. The molecular formula is C9H11N5O. The van der Waals surface area contributed by atoms with Crippen molar-refractivity contribution in [2.24, 2.45) is 0 Å². The predicted molar refractivity (Wildman–Crippen MR) is 52.0 cm³/mol. The van der Waals surface area contributed by atoms with Crippen LogP contribution in [0.2, 0.25) is 0 Å². The highest BCUT2D eigenvalue weighted by Crippen LogP contribution is 1.99. The fraction of sp³-hybridized carbons (Fsp3) is 0.222. The molecule has 2 N–H and O–H groups in total. The first kappa shape index (κ1) is 9.75. The topological polar surface area (TPSA) is 75.9 Å². The summed E-state index contributed by atoms with van der Waals surface area (Å²) >= 11 is 0. The van der Waals surface area contributed by atoms with Crippen LogP contribution in [0.4, 0.5) is 0 Å². The van der Waals surface area contributed by atoms with Crippen molar-refractivity contribution < 1.29 is 5.21 Å². The van der Waals surface area contributed by atoms with Crippen molar-refractivity contribution in [3.8, 4) is 0 Å². The second-order valence-corrected chi connectivity index (χ2v) is 3.06. The summed E-state index contributed by atoms with van der Waals surface area (Å²) in [5.74, 6) is 0.466. The third-order valence-electron chi connectivity index (χ3n) is 1.90. The second kappa shape index (κ2) is 4.63. The van der Waals surface area contributed by atoms with Gasteiger partial charge in [-0.1, -0.05) is 30.3 Å². The van der Waals surface area contributed by atoms with Crippen molar-refractivity contribution in [1.29, 1.82) is 0 Å². The van der Waals surface area contributed by atoms with E-state index in [1.807, 2.05) is 35.8 Å². The Balaban J connectivity index is 2.05. The minimum Gasteiger partial charge on any atom is -0.316 e. The van der Waals surface area contributed by atoms with Gasteiger partial charge in [0.2, 0.25) is 0 Å². The molecule has 0 aliphatic heterocycles. The molecule has 0 saturated carbocycles. The molecule has 0 aliphatic rings. The van der Waals surface area contributed by atoms with E-state index in [0.717, 1.165) is 5.56 Å². The van der Waals surface area contributed by atoms with Gasteiger partial charge in [-0.15, -0.1) is 10.2 Å². The van der Waals surface area contributed by atoms with Crippen LogP contribution in [0.5, 0.6) is 0 Å². The average Bonchev–Trinajstić information content (AvgIpc) is 2.68. The Bertz CT molecular complexity index is 413. The van der Waals surface area contributed by atoms with Gasteiger partial charge in [0, 0.05) is 0 Å². The van der Waals surface area contributed by atoms with Gasteiger partial charge >= 0.3 is 0 Å². The van der Waals surface area contributed by atoms with Crippen molar-refractivity contribution in [2.45, 2.75) is 13.1 Å². The Morgan fingerprint density at radius 3 is 2.80 bits per heavy atom. The smallest absolute Gasteiger partial charge is 0.190 e. The van der Waals surface area contributed by atoms with E-state index >= 15 is 0 Å². The maximum Gasteiger partial charge on any atom is 0.190 e. The van der Waals surface area contributed by atoms with Gasteiger partial charge in [-0.3, -0.25) is 0 Å². The van der Waals surface area contributed by atoms with Crippen LogP contribution in [0.15, 0.2) is 30.3 Å². The molecule has 0 aliphatic carbocycles. The molecule has 0 atom stereocenters. The van der Waals surface area contributed by atoms with Gasteiger partial charge in [0.1, 0.15) is 0 Å². The van der Waals surface area contributed by atoms with Gasteiger partial charge in [0.05, 0.1) is 13.1 Å². The lowest BCUT2D eigenvalue weighted by Gasteiger charge is -1.97. The molecule has 6 nitrogen and oxygen atoms in total. The Hall–Kier alpha value is -1.79. The Kier molecular flexibility index (Phi) is 3.01. The number of aromatic nitrogens is 4. The Morgan fingerprint density at radius 1 is 1.27 bits per heavy atom. The van der Waals surface area contributed by atoms with E-state index in [2.05, 4.69) is 15.4 Å². The lowest BCUT2D eigenvalue weighted by Crippen LogP contribution is -2.09. The predicted octanol–water partition coefficient (Wildman–Crippen LogP) is 0.200. The molecule has 0 unspecified atom stereocenters. The molecule has 1 aromatic heterocycles. The molecule has 0 radical (unpaired) electrons. The molecule has 6 heteroatoms. The quantitative estimate of drug-likeness (QED) is 0.697. The lowest BCUT2D eigenvalue weighted by atomic mass is 10.2. The maximum atomic E-state index is 8.45. The molecule has 1 heterocycles. The molecule has 15 heavy (non-hydrogen) atoms. The Labute approximate surface area is 86.5 Å². The van der Waals surface area contributed by atoms with Crippen LogP contribution in [0.3, 0.4) is 0 Å². The molecule has 2 aromatic rings. The van der Waals surface area contributed by atoms with Gasteiger partial charge in [-0.05, 0) is 10.8 Å². The van der Waals surface area contributed by atoms with Crippen LogP contribution >= 0.6 is 0 Å². The highest BCUT2D eigenvalue weighted by molar-refractivity contribution is 5.14. The normalized spacial score (nSPS) is 10.5. The summed E-state index contributed by atoms with van der Waals surface area (Å²) in [5, 5.41) is 20.1. The number of rotatable bonds is 4. The molecule has 78 valence electrons. The monoisotopic (exact) mass is 205 g/mol. The third-order valence-corrected chi connectivity index (χ3v) is 1.90. The number of tetrazole rings is 1. The van der Waals surface area contributed by atoms with Gasteiger partial charge in [-0.2, -0.15) is 10.3 Å². The molecule has 2 rings (SSSR count). The number of hydroxylamine groups is 1. The number of benzene rings is 1. The molecule has 0 amide bonds. The van der Waals surface area contributed by atoms with Crippen LogP contribution in [0.1, 0.15) is 11.4 Å². The van der Waals surface area contributed by atoms with E-state index in [-0.39, 0.29) is 6.54 Å². The Morgan fingerprint density at radius 2 is 2.07 bits per heavy atom. The van der Waals surface area contributed by atoms with Gasteiger partial charge in [0.25, 0.3) is 0 Å². The van der Waals surface area contributed by atoms with Crippen LogP contribution in [-0.4, -0.2) is 25.4 Å². The number of hydrogen-bond donors (Lipinski definition) is 2. The van der Waals surface area contributed by atoms with Crippen LogP contribution < -0.4 is 5.48 Å². The second-order valence-electron chi connectivity index (χ2n) is 3.06. The zero-order valence-electron chi connectivity index (χ0n) is 8.04. The first-order valence-electron chi connectivity index (χ1n) is 4.56. The van der Waals surface area contributed by atoms with Crippen molar-refractivity contribution in [3.05, 3.63) is 41.7 Å². The van der Waals surface area contributed by atoms with Gasteiger partial charge in [0.15, 0.2) is 5.82 Å². The fourth-order valence-corrected chi connectivity index (χ4v) is 1.23. The third kappa shape index (κ3) is 2.58. The summed E-state index contributed by atoms with van der Waals surface area (Å²) in [6.45, 7) is 0.786. The SMILES string of the molecule is ONCc1nnn(Cc2ccccc2)n1. The molecule has 0 spiro atoms. The molecule has 0 saturated heterocycles. The molecule has 0 fully saturated rings. The summed E-state index contributed by atoms with van der Waals surface area (Å²) in [6, 6.07) is 9.87. The van der Waals surface area contributed by atoms with Gasteiger partial charge < -0.3 is 5.21 Å². The standard InChI is InChI=1S/C9H11N5O/c15-10-6-9-11-13-14(12-9)7-8-4-2-1-3-5-8/h1-5,10,15H,6-7H2. The van der Waals surface area contributed by atoms with E-state index < -0.39 is 0 Å². The van der Waals surface area contributed by atoms with Crippen LogP contribution in [0.25, 0.3) is 0 Å². The number of nitrogens with zero attached hydrogens (tertiary/aromatic N) is 4. The van der Waals surface area contributed by atoms with Crippen molar-refractivity contribution >= 4 is 0 Å². The summed E-state index contributed by atoms with van der Waals surface area (Å²) in [5.41, 5.74) is 3.09. The highest BCUT2D eigenvalue weighted by atomic mass is 16.5. The molecule has 0 bridgehead atoms. The zero-order valence-corrected chi connectivity index (χ0v) is 8.04. The number of nitrogens with one attached hydrogen (secondary N) is 1. The van der Waals surface area contributed by atoms with E-state index in [1.165, 1.54) is 4.80 Å². The maximum absolute atomic E-state index is 8.45. The van der Waals surface area contributed by atoms with Crippen molar-refractivity contribution in [2.75, 3.05) is 0 Å². The van der Waals surface area contributed by atoms with E-state index in [4.69, 9.17) is 5.21 Å².